The van der Waals surface area contributed by atoms with Crippen molar-refractivity contribution < 1.29 is 34.7 Å². The molecule has 2 aliphatic rings. The van der Waals surface area contributed by atoms with E-state index in [1.54, 1.807) is 0 Å². The molecule has 4 aromatic rings. The van der Waals surface area contributed by atoms with Crippen LogP contribution in [0.4, 0.5) is 0 Å². The van der Waals surface area contributed by atoms with Crippen molar-refractivity contribution in [2.24, 2.45) is 17.2 Å². The second-order valence-corrected chi connectivity index (χ2v) is 11.3. The SMILES string of the molecule is NC1CC(N)C(OC2OC(CNC(=O)Cc3ccc4ccc5cccc6ccc3c4c56)C(O)C(O)C2N)C(O)C1O. The van der Waals surface area contributed by atoms with Crippen LogP contribution in [0.5, 0.6) is 0 Å². The van der Waals surface area contributed by atoms with Gasteiger partial charge in [-0.05, 0) is 44.3 Å². The molecule has 0 radical (unpaired) electrons. The Kier molecular flexibility index (Phi) is 7.57. The maximum absolute atomic E-state index is 13.1. The summed E-state index contributed by atoms with van der Waals surface area (Å²) in [6, 6.07) is 15.8. The van der Waals surface area contributed by atoms with Crippen molar-refractivity contribution >= 4 is 38.2 Å². The number of aliphatic hydroxyl groups is 4. The van der Waals surface area contributed by atoms with E-state index in [1.165, 1.54) is 0 Å². The number of amides is 1. The van der Waals surface area contributed by atoms with Crippen molar-refractivity contribution in [2.75, 3.05) is 6.54 Å². The van der Waals surface area contributed by atoms with Crippen molar-refractivity contribution in [2.45, 2.75) is 73.9 Å². The summed E-state index contributed by atoms with van der Waals surface area (Å²) < 4.78 is 11.7. The molecular weight excluding hydrogens is 528 g/mol. The van der Waals surface area contributed by atoms with E-state index < -0.39 is 61.0 Å². The summed E-state index contributed by atoms with van der Waals surface area (Å²) in [5.74, 6) is -0.292. The van der Waals surface area contributed by atoms with Gasteiger partial charge in [-0.25, -0.2) is 0 Å². The highest BCUT2D eigenvalue weighted by molar-refractivity contribution is 6.23. The van der Waals surface area contributed by atoms with E-state index in [1.807, 2.05) is 24.3 Å². The Morgan fingerprint density at radius 1 is 0.829 bits per heavy atom. The van der Waals surface area contributed by atoms with Crippen LogP contribution in [0, 0.1) is 0 Å². The standard InChI is InChI=1S/C30H36N4O7/c31-18-11-19(32)29(28(39)25(18)36)41-30-24(33)27(38)26(37)20(40-30)12-34-21(35)10-16-7-6-15-5-4-13-2-1-3-14-8-9-17(16)23(15)22(13)14/h1-9,18-20,24-30,36-39H,10-12,31-33H2,(H,34,35). The highest BCUT2D eigenvalue weighted by Crippen LogP contribution is 2.36. The Morgan fingerprint density at radius 2 is 1.49 bits per heavy atom. The molecule has 2 fully saturated rings. The summed E-state index contributed by atoms with van der Waals surface area (Å²) in [5.41, 5.74) is 18.8. The number of benzene rings is 4. The van der Waals surface area contributed by atoms with E-state index in [2.05, 4.69) is 35.6 Å². The largest absolute Gasteiger partial charge is 0.389 e. The number of nitrogens with one attached hydrogen (secondary N) is 1. The third-order valence-electron chi connectivity index (χ3n) is 8.60. The lowest BCUT2D eigenvalue weighted by molar-refractivity contribution is -0.288. The second kappa shape index (κ2) is 11.0. The predicted molar refractivity (Wildman–Crippen MR) is 153 cm³/mol. The van der Waals surface area contributed by atoms with Gasteiger partial charge in [-0.3, -0.25) is 4.79 Å². The molecule has 1 aliphatic heterocycles. The molecule has 11 heteroatoms. The van der Waals surface area contributed by atoms with E-state index in [4.69, 9.17) is 26.7 Å². The van der Waals surface area contributed by atoms with Crippen LogP contribution in [0.2, 0.25) is 0 Å². The molecule has 11 nitrogen and oxygen atoms in total. The topological polar surface area (TPSA) is 207 Å². The molecular formula is C30H36N4O7. The minimum absolute atomic E-state index is 0.0975. The first-order chi connectivity index (χ1) is 19.6. The summed E-state index contributed by atoms with van der Waals surface area (Å²) in [6.07, 6.45) is -8.57. The summed E-state index contributed by atoms with van der Waals surface area (Å²) in [5, 5.41) is 51.3. The first-order valence-corrected chi connectivity index (χ1v) is 13.9. The van der Waals surface area contributed by atoms with Gasteiger partial charge in [0.25, 0.3) is 0 Å². The van der Waals surface area contributed by atoms with Gasteiger partial charge in [0, 0.05) is 18.6 Å². The van der Waals surface area contributed by atoms with Crippen LogP contribution in [0.25, 0.3) is 32.3 Å². The molecule has 4 aromatic carbocycles. The first-order valence-electron chi connectivity index (χ1n) is 13.9. The average molecular weight is 565 g/mol. The van der Waals surface area contributed by atoms with Crippen molar-refractivity contribution in [1.29, 1.82) is 0 Å². The van der Waals surface area contributed by atoms with Crippen LogP contribution >= 0.6 is 0 Å². The van der Waals surface area contributed by atoms with E-state index in [0.717, 1.165) is 37.9 Å². The third kappa shape index (κ3) is 5.03. The molecule has 11 N–H and O–H groups in total. The molecule has 1 amide bonds. The van der Waals surface area contributed by atoms with Crippen molar-refractivity contribution in [3.63, 3.8) is 0 Å². The molecule has 6 rings (SSSR count). The van der Waals surface area contributed by atoms with Gasteiger partial charge in [0.2, 0.25) is 5.91 Å². The molecule has 1 heterocycles. The highest BCUT2D eigenvalue weighted by atomic mass is 16.7. The van der Waals surface area contributed by atoms with Crippen LogP contribution in [0.3, 0.4) is 0 Å². The Morgan fingerprint density at radius 3 is 2.22 bits per heavy atom. The fraction of sp³-hybridized carbons (Fsp3) is 0.433. The molecule has 0 spiro atoms. The van der Waals surface area contributed by atoms with Crippen molar-refractivity contribution in [3.05, 3.63) is 60.2 Å². The maximum atomic E-state index is 13.1. The molecule has 41 heavy (non-hydrogen) atoms. The molecule has 1 saturated heterocycles. The number of rotatable bonds is 6. The summed E-state index contributed by atoms with van der Waals surface area (Å²) in [4.78, 5) is 13.1. The van der Waals surface area contributed by atoms with Gasteiger partial charge in [0.1, 0.15) is 30.5 Å². The minimum Gasteiger partial charge on any atom is -0.389 e. The van der Waals surface area contributed by atoms with Crippen LogP contribution in [0.1, 0.15) is 12.0 Å². The molecule has 0 bridgehead atoms. The quantitative estimate of drug-likeness (QED) is 0.137. The monoisotopic (exact) mass is 564 g/mol. The lowest BCUT2D eigenvalue weighted by Crippen LogP contribution is -2.67. The lowest BCUT2D eigenvalue weighted by atomic mass is 9.84. The smallest absolute Gasteiger partial charge is 0.224 e. The molecule has 10 atom stereocenters. The zero-order valence-corrected chi connectivity index (χ0v) is 22.3. The number of hydrogen-bond acceptors (Lipinski definition) is 10. The predicted octanol–water partition coefficient (Wildman–Crippen LogP) is -0.818. The molecule has 1 saturated carbocycles. The molecule has 10 unspecified atom stereocenters. The Hall–Kier alpha value is -2.97. The lowest BCUT2D eigenvalue weighted by Gasteiger charge is -2.45. The Bertz CT molecular complexity index is 1540. The van der Waals surface area contributed by atoms with E-state index in [0.29, 0.717) is 0 Å². The number of aliphatic hydroxyl groups excluding tert-OH is 4. The number of hydrogen-bond donors (Lipinski definition) is 8. The summed E-state index contributed by atoms with van der Waals surface area (Å²) in [7, 11) is 0. The van der Waals surface area contributed by atoms with Crippen LogP contribution in [-0.2, 0) is 20.7 Å². The van der Waals surface area contributed by atoms with Gasteiger partial charge in [0.05, 0.1) is 18.6 Å². The van der Waals surface area contributed by atoms with E-state index in [-0.39, 0.29) is 25.3 Å². The van der Waals surface area contributed by atoms with Gasteiger partial charge in [-0.2, -0.15) is 0 Å². The van der Waals surface area contributed by atoms with Crippen LogP contribution in [-0.4, -0.2) is 93.9 Å². The second-order valence-electron chi connectivity index (χ2n) is 11.3. The van der Waals surface area contributed by atoms with Gasteiger partial charge in [0.15, 0.2) is 6.29 Å². The minimum atomic E-state index is -1.43. The molecule has 1 aliphatic carbocycles. The zero-order valence-electron chi connectivity index (χ0n) is 22.3. The summed E-state index contributed by atoms with van der Waals surface area (Å²) in [6.45, 7) is -0.123. The van der Waals surface area contributed by atoms with Gasteiger partial charge in [-0.1, -0.05) is 54.6 Å². The number of carbonyl (C=O) groups excluding carboxylic acids is 1. The fourth-order valence-corrected chi connectivity index (χ4v) is 6.27. The number of nitrogens with two attached hydrogens (primary N) is 3. The zero-order chi connectivity index (χ0) is 29.0. The van der Waals surface area contributed by atoms with Crippen LogP contribution < -0.4 is 22.5 Å². The van der Waals surface area contributed by atoms with E-state index >= 15 is 0 Å². The van der Waals surface area contributed by atoms with Crippen LogP contribution in [0.15, 0.2) is 54.6 Å². The Balaban J connectivity index is 1.15. The van der Waals surface area contributed by atoms with Gasteiger partial charge < -0.3 is 52.4 Å². The average Bonchev–Trinajstić information content (AvgIpc) is 2.97. The normalized spacial score (nSPS) is 34.4. The van der Waals surface area contributed by atoms with Crippen molar-refractivity contribution in [1.82, 2.24) is 5.32 Å². The third-order valence-corrected chi connectivity index (χ3v) is 8.60. The molecule has 0 aromatic heterocycles. The van der Waals surface area contributed by atoms with Crippen molar-refractivity contribution in [3.8, 4) is 0 Å². The maximum Gasteiger partial charge on any atom is 0.224 e. The highest BCUT2D eigenvalue weighted by Gasteiger charge is 2.48. The fourth-order valence-electron chi connectivity index (χ4n) is 6.27. The number of carbonyl (C=O) groups is 1. The van der Waals surface area contributed by atoms with Gasteiger partial charge >= 0.3 is 0 Å². The number of ether oxygens (including phenoxy) is 2. The van der Waals surface area contributed by atoms with E-state index in [9.17, 15) is 25.2 Å². The Labute approximate surface area is 236 Å². The summed E-state index contributed by atoms with van der Waals surface area (Å²) >= 11 is 0. The first kappa shape index (κ1) is 28.2. The molecule has 218 valence electrons. The van der Waals surface area contributed by atoms with Gasteiger partial charge in [-0.15, -0.1) is 0 Å².